The molecular formula is C26H26F3N7O. The number of aromatic amines is 1. The van der Waals surface area contributed by atoms with Crippen LogP contribution in [0.15, 0.2) is 48.9 Å². The first-order valence-electron chi connectivity index (χ1n) is 12.0. The molecule has 1 aliphatic heterocycles. The van der Waals surface area contributed by atoms with E-state index in [1.165, 1.54) is 4.90 Å². The number of imidazole rings is 1. The van der Waals surface area contributed by atoms with Crippen LogP contribution in [0.3, 0.4) is 0 Å². The lowest BCUT2D eigenvalue weighted by Crippen LogP contribution is -2.49. The molecule has 37 heavy (non-hydrogen) atoms. The molecule has 1 amide bonds. The van der Waals surface area contributed by atoms with E-state index in [0.717, 1.165) is 45.1 Å². The van der Waals surface area contributed by atoms with E-state index in [1.54, 1.807) is 12.5 Å². The third kappa shape index (κ3) is 6.29. The molecule has 1 aliphatic rings. The van der Waals surface area contributed by atoms with E-state index in [2.05, 4.69) is 24.8 Å². The summed E-state index contributed by atoms with van der Waals surface area (Å²) >= 11 is 0. The van der Waals surface area contributed by atoms with Crippen molar-refractivity contribution in [1.82, 2.24) is 34.7 Å². The largest absolute Gasteiger partial charge is 0.397 e. The van der Waals surface area contributed by atoms with Gasteiger partial charge in [0, 0.05) is 62.3 Å². The number of H-pyrrole nitrogens is 1. The highest BCUT2D eigenvalue weighted by Gasteiger charge is 2.34. The fraction of sp³-hybridized carbons (Fsp3) is 0.346. The molecule has 1 fully saturated rings. The van der Waals surface area contributed by atoms with Crippen LogP contribution in [0, 0.1) is 6.92 Å². The number of alkyl halides is 3. The number of carbonyl (C=O) groups excluding carboxylic acids is 1. The van der Waals surface area contributed by atoms with E-state index in [9.17, 15) is 18.0 Å². The number of hydrogen-bond acceptors (Lipinski definition) is 6. The van der Waals surface area contributed by atoms with Gasteiger partial charge in [0.25, 0.3) is 0 Å². The molecule has 0 aliphatic carbocycles. The first-order chi connectivity index (χ1) is 17.7. The van der Waals surface area contributed by atoms with Crippen LogP contribution in [-0.4, -0.2) is 73.0 Å². The second kappa shape index (κ2) is 10.3. The number of piperazine rings is 1. The van der Waals surface area contributed by atoms with Crippen molar-refractivity contribution in [3.63, 3.8) is 0 Å². The number of aromatic nitrogens is 5. The molecule has 0 bridgehead atoms. The van der Waals surface area contributed by atoms with E-state index in [1.807, 2.05) is 43.3 Å². The van der Waals surface area contributed by atoms with Crippen LogP contribution in [0.4, 0.5) is 13.2 Å². The summed E-state index contributed by atoms with van der Waals surface area (Å²) in [5, 5.41) is 0. The summed E-state index contributed by atoms with van der Waals surface area (Å²) in [6, 6.07) is 11.9. The molecule has 4 aromatic rings. The molecular weight excluding hydrogens is 483 g/mol. The Hall–Kier alpha value is -3.86. The zero-order valence-corrected chi connectivity index (χ0v) is 20.3. The minimum Gasteiger partial charge on any atom is -0.342 e. The Labute approximate surface area is 211 Å². The van der Waals surface area contributed by atoms with Crippen molar-refractivity contribution < 1.29 is 18.0 Å². The minimum absolute atomic E-state index is 0.294. The molecule has 1 N–H and O–H groups in total. The van der Waals surface area contributed by atoms with Gasteiger partial charge in [-0.3, -0.25) is 14.7 Å². The smallest absolute Gasteiger partial charge is 0.342 e. The van der Waals surface area contributed by atoms with Crippen LogP contribution in [0.2, 0.25) is 0 Å². The average molecular weight is 510 g/mol. The Balaban J connectivity index is 1.21. The summed E-state index contributed by atoms with van der Waals surface area (Å²) in [5.41, 5.74) is 6.42. The summed E-state index contributed by atoms with van der Waals surface area (Å²) in [7, 11) is 0. The van der Waals surface area contributed by atoms with Gasteiger partial charge in [0.05, 0.1) is 16.7 Å². The maximum Gasteiger partial charge on any atom is 0.397 e. The van der Waals surface area contributed by atoms with Crippen LogP contribution < -0.4 is 0 Å². The van der Waals surface area contributed by atoms with Gasteiger partial charge in [-0.25, -0.2) is 15.0 Å². The maximum atomic E-state index is 12.5. The van der Waals surface area contributed by atoms with Crippen molar-refractivity contribution in [3.05, 3.63) is 71.7 Å². The highest BCUT2D eigenvalue weighted by atomic mass is 19.4. The lowest BCUT2D eigenvalue weighted by atomic mass is 10.1. The van der Waals surface area contributed by atoms with E-state index in [-0.39, 0.29) is 0 Å². The fourth-order valence-corrected chi connectivity index (χ4v) is 4.51. The van der Waals surface area contributed by atoms with Gasteiger partial charge in [-0.1, -0.05) is 6.07 Å². The zero-order chi connectivity index (χ0) is 26.0. The van der Waals surface area contributed by atoms with Crippen molar-refractivity contribution in [2.45, 2.75) is 32.5 Å². The first kappa shape index (κ1) is 24.8. The quantitative estimate of drug-likeness (QED) is 0.424. The van der Waals surface area contributed by atoms with Gasteiger partial charge < -0.3 is 9.88 Å². The number of hydrogen-bond donors (Lipinski definition) is 1. The topological polar surface area (TPSA) is 90.9 Å². The van der Waals surface area contributed by atoms with Gasteiger partial charge in [-0.15, -0.1) is 0 Å². The Kier molecular flexibility index (Phi) is 6.88. The van der Waals surface area contributed by atoms with Crippen LogP contribution in [0.1, 0.15) is 29.2 Å². The zero-order valence-electron chi connectivity index (χ0n) is 20.3. The SMILES string of the molecule is Cc1cc(-c2ccc3nc(Cc4cc(CN5CCN(C(=O)CC(F)(F)F)CC5)ccn4)[nH]c3c2)ncn1. The molecule has 11 heteroatoms. The molecule has 0 saturated carbocycles. The molecule has 0 atom stereocenters. The van der Waals surface area contributed by atoms with Crippen molar-refractivity contribution in [3.8, 4) is 11.3 Å². The van der Waals surface area contributed by atoms with Crippen molar-refractivity contribution in [2.24, 2.45) is 0 Å². The molecule has 0 spiro atoms. The summed E-state index contributed by atoms with van der Waals surface area (Å²) < 4.78 is 37.5. The second-order valence-corrected chi connectivity index (χ2v) is 9.24. The van der Waals surface area contributed by atoms with Crippen LogP contribution in [-0.2, 0) is 17.8 Å². The summed E-state index contributed by atoms with van der Waals surface area (Å²) in [6.45, 7) is 4.21. The highest BCUT2D eigenvalue weighted by Crippen LogP contribution is 2.23. The van der Waals surface area contributed by atoms with E-state index in [0.29, 0.717) is 39.1 Å². The summed E-state index contributed by atoms with van der Waals surface area (Å²) in [5.74, 6) is -0.0593. The van der Waals surface area contributed by atoms with Gasteiger partial charge in [0.15, 0.2) is 0 Å². The lowest BCUT2D eigenvalue weighted by molar-refractivity contribution is -0.162. The number of carbonyl (C=O) groups is 1. The second-order valence-electron chi connectivity index (χ2n) is 9.24. The molecule has 1 aromatic carbocycles. The number of nitrogens with zero attached hydrogens (tertiary/aromatic N) is 6. The molecule has 3 aromatic heterocycles. The number of halogens is 3. The number of nitrogens with one attached hydrogen (secondary N) is 1. The van der Waals surface area contributed by atoms with E-state index >= 15 is 0 Å². The Bertz CT molecular complexity index is 1410. The normalized spacial score (nSPS) is 14.9. The standard InChI is InChI=1S/C26H26F3N7O/c1-17-10-22(32-16-31-17)19-2-3-21-23(12-19)34-24(33-21)13-20-11-18(4-5-30-20)15-35-6-8-36(9-7-35)25(37)14-26(27,28)29/h2-5,10-12,16H,6-9,13-15H2,1H3,(H,33,34). The highest BCUT2D eigenvalue weighted by molar-refractivity contribution is 5.81. The lowest BCUT2D eigenvalue weighted by Gasteiger charge is -2.35. The molecule has 4 heterocycles. The van der Waals surface area contributed by atoms with Gasteiger partial charge in [-0.05, 0) is 42.8 Å². The van der Waals surface area contributed by atoms with Gasteiger partial charge >= 0.3 is 6.18 Å². The number of fused-ring (bicyclic) bond motifs is 1. The molecule has 1 saturated heterocycles. The molecule has 0 radical (unpaired) electrons. The average Bonchev–Trinajstić information content (AvgIpc) is 3.25. The molecule has 5 rings (SSSR count). The first-order valence-corrected chi connectivity index (χ1v) is 12.0. The Morgan fingerprint density at radius 3 is 2.59 bits per heavy atom. The third-order valence-corrected chi connectivity index (χ3v) is 6.34. The summed E-state index contributed by atoms with van der Waals surface area (Å²) in [6.07, 6.45) is -2.03. The predicted molar refractivity (Wildman–Crippen MR) is 131 cm³/mol. The number of rotatable bonds is 6. The Morgan fingerprint density at radius 1 is 1.03 bits per heavy atom. The van der Waals surface area contributed by atoms with Crippen LogP contribution >= 0.6 is 0 Å². The van der Waals surface area contributed by atoms with E-state index < -0.39 is 18.5 Å². The van der Waals surface area contributed by atoms with Crippen LogP contribution in [0.5, 0.6) is 0 Å². The number of amides is 1. The maximum absolute atomic E-state index is 12.5. The van der Waals surface area contributed by atoms with Gasteiger partial charge in [0.1, 0.15) is 18.6 Å². The van der Waals surface area contributed by atoms with Gasteiger partial charge in [0.2, 0.25) is 5.91 Å². The van der Waals surface area contributed by atoms with Gasteiger partial charge in [-0.2, -0.15) is 13.2 Å². The van der Waals surface area contributed by atoms with Crippen molar-refractivity contribution in [2.75, 3.05) is 26.2 Å². The minimum atomic E-state index is -4.47. The number of benzene rings is 1. The third-order valence-electron chi connectivity index (χ3n) is 6.34. The van der Waals surface area contributed by atoms with Crippen molar-refractivity contribution >= 4 is 16.9 Å². The number of pyridine rings is 1. The van der Waals surface area contributed by atoms with E-state index in [4.69, 9.17) is 4.98 Å². The van der Waals surface area contributed by atoms with Crippen molar-refractivity contribution in [1.29, 1.82) is 0 Å². The molecule has 0 unspecified atom stereocenters. The molecule has 192 valence electrons. The number of aryl methyl sites for hydroxylation is 1. The predicted octanol–water partition coefficient (Wildman–Crippen LogP) is 3.91. The van der Waals surface area contributed by atoms with Crippen LogP contribution in [0.25, 0.3) is 22.3 Å². The Morgan fingerprint density at radius 2 is 1.84 bits per heavy atom. The summed E-state index contributed by atoms with van der Waals surface area (Å²) in [4.78, 5) is 36.3. The molecule has 8 nitrogen and oxygen atoms in total. The monoisotopic (exact) mass is 509 g/mol. The fourth-order valence-electron chi connectivity index (χ4n) is 4.51.